The molecule has 1 aliphatic heterocycles. The van der Waals surface area contributed by atoms with Crippen molar-refractivity contribution in [3.8, 4) is 0 Å². The zero-order valence-corrected chi connectivity index (χ0v) is 10.7. The number of hydrogen-bond donors (Lipinski definition) is 2. The summed E-state index contributed by atoms with van der Waals surface area (Å²) in [6.45, 7) is 3.70. The summed E-state index contributed by atoms with van der Waals surface area (Å²) in [6, 6.07) is 3.31. The molecule has 1 aliphatic rings. The van der Waals surface area contributed by atoms with Crippen molar-refractivity contribution in [1.29, 1.82) is 0 Å². The minimum absolute atomic E-state index is 0.458. The van der Waals surface area contributed by atoms with Crippen molar-refractivity contribution in [2.75, 3.05) is 26.2 Å². The average molecular weight is 288 g/mol. The number of aromatic carboxylic acids is 1. The minimum atomic E-state index is -4.65. The summed E-state index contributed by atoms with van der Waals surface area (Å²) in [4.78, 5) is 13.1. The molecule has 2 N–H and O–H groups in total. The Kier molecular flexibility index (Phi) is 4.29. The molecule has 1 saturated heterocycles. The Hall–Kier alpha value is -1.60. The normalized spacial score (nSPS) is 17.1. The quantitative estimate of drug-likeness (QED) is 0.890. The lowest BCUT2D eigenvalue weighted by atomic mass is 10.0. The maximum atomic E-state index is 12.7. The SMILES string of the molecule is O=C(O)c1cc(CN2CCNCC2)ccc1C(F)(F)F. The number of halogens is 3. The van der Waals surface area contributed by atoms with E-state index in [4.69, 9.17) is 5.11 Å². The lowest BCUT2D eigenvalue weighted by molar-refractivity contribution is -0.138. The third kappa shape index (κ3) is 3.49. The number of piperazine rings is 1. The van der Waals surface area contributed by atoms with E-state index < -0.39 is 23.3 Å². The third-order valence-electron chi connectivity index (χ3n) is 3.24. The molecule has 7 heteroatoms. The molecule has 4 nitrogen and oxygen atoms in total. The van der Waals surface area contributed by atoms with Crippen molar-refractivity contribution < 1.29 is 23.1 Å². The van der Waals surface area contributed by atoms with Crippen LogP contribution in [0.1, 0.15) is 21.5 Å². The highest BCUT2D eigenvalue weighted by Crippen LogP contribution is 2.32. The van der Waals surface area contributed by atoms with Crippen LogP contribution in [0, 0.1) is 0 Å². The van der Waals surface area contributed by atoms with Crippen LogP contribution in [0.25, 0.3) is 0 Å². The van der Waals surface area contributed by atoms with Crippen LogP contribution in [0.15, 0.2) is 18.2 Å². The fourth-order valence-electron chi connectivity index (χ4n) is 2.24. The van der Waals surface area contributed by atoms with E-state index in [1.807, 2.05) is 0 Å². The van der Waals surface area contributed by atoms with Crippen molar-refractivity contribution >= 4 is 5.97 Å². The first kappa shape index (κ1) is 14.8. The van der Waals surface area contributed by atoms with Crippen molar-refractivity contribution in [2.45, 2.75) is 12.7 Å². The summed E-state index contributed by atoms with van der Waals surface area (Å²) in [5, 5.41) is 12.1. The van der Waals surface area contributed by atoms with Gasteiger partial charge in [0, 0.05) is 32.7 Å². The average Bonchev–Trinajstić information content (AvgIpc) is 2.38. The van der Waals surface area contributed by atoms with Gasteiger partial charge in [0.05, 0.1) is 11.1 Å². The number of nitrogens with one attached hydrogen (secondary N) is 1. The molecule has 110 valence electrons. The molecule has 0 bridgehead atoms. The number of nitrogens with zero attached hydrogens (tertiary/aromatic N) is 1. The van der Waals surface area contributed by atoms with Crippen LogP contribution in [0.5, 0.6) is 0 Å². The second-order valence-electron chi connectivity index (χ2n) is 4.71. The Balaban J connectivity index is 2.23. The molecule has 0 atom stereocenters. The van der Waals surface area contributed by atoms with Crippen LogP contribution in [0.4, 0.5) is 13.2 Å². The second kappa shape index (κ2) is 5.80. The van der Waals surface area contributed by atoms with E-state index in [0.717, 1.165) is 38.3 Å². The van der Waals surface area contributed by atoms with Gasteiger partial charge in [0.1, 0.15) is 0 Å². The van der Waals surface area contributed by atoms with Crippen LogP contribution in [-0.2, 0) is 12.7 Å². The van der Waals surface area contributed by atoms with Gasteiger partial charge in [-0.1, -0.05) is 6.07 Å². The predicted octanol–water partition coefficient (Wildman–Crippen LogP) is 1.81. The van der Waals surface area contributed by atoms with Gasteiger partial charge in [0.25, 0.3) is 0 Å². The molecular weight excluding hydrogens is 273 g/mol. The van der Waals surface area contributed by atoms with Gasteiger partial charge in [0.15, 0.2) is 0 Å². The molecule has 0 radical (unpaired) electrons. The molecule has 20 heavy (non-hydrogen) atoms. The van der Waals surface area contributed by atoms with Crippen molar-refractivity contribution in [2.24, 2.45) is 0 Å². The van der Waals surface area contributed by atoms with Crippen LogP contribution >= 0.6 is 0 Å². The monoisotopic (exact) mass is 288 g/mol. The molecule has 0 amide bonds. The molecule has 1 aromatic carbocycles. The molecule has 0 aliphatic carbocycles. The standard InChI is InChI=1S/C13H15F3N2O2/c14-13(15,16)11-2-1-9(7-10(11)12(19)20)8-18-5-3-17-4-6-18/h1-2,7,17H,3-6,8H2,(H,19,20). The zero-order chi connectivity index (χ0) is 14.8. The molecule has 0 unspecified atom stereocenters. The minimum Gasteiger partial charge on any atom is -0.478 e. The van der Waals surface area contributed by atoms with Gasteiger partial charge in [-0.05, 0) is 17.7 Å². The summed E-state index contributed by atoms with van der Waals surface area (Å²) >= 11 is 0. The number of carbonyl (C=O) groups is 1. The molecule has 0 aromatic heterocycles. The van der Waals surface area contributed by atoms with Gasteiger partial charge in [-0.2, -0.15) is 13.2 Å². The molecule has 0 saturated carbocycles. The summed E-state index contributed by atoms with van der Waals surface area (Å²) in [5.41, 5.74) is -1.21. The molecular formula is C13H15F3N2O2. The van der Waals surface area contributed by atoms with E-state index in [0.29, 0.717) is 12.1 Å². The number of hydrogen-bond acceptors (Lipinski definition) is 3. The van der Waals surface area contributed by atoms with E-state index in [1.54, 1.807) is 0 Å². The highest BCUT2D eigenvalue weighted by atomic mass is 19.4. The Bertz CT molecular complexity index is 497. The van der Waals surface area contributed by atoms with Crippen molar-refractivity contribution in [3.05, 3.63) is 34.9 Å². The first-order valence-corrected chi connectivity index (χ1v) is 6.24. The molecule has 0 spiro atoms. The molecule has 2 rings (SSSR count). The van der Waals surface area contributed by atoms with Gasteiger partial charge in [-0.3, -0.25) is 4.90 Å². The Labute approximate surface area is 114 Å². The lowest BCUT2D eigenvalue weighted by Crippen LogP contribution is -2.42. The predicted molar refractivity (Wildman–Crippen MR) is 66.6 cm³/mol. The fraction of sp³-hybridized carbons (Fsp3) is 0.462. The van der Waals surface area contributed by atoms with Crippen molar-refractivity contribution in [1.82, 2.24) is 10.2 Å². The number of carboxylic acid groups (broad SMARTS) is 1. The van der Waals surface area contributed by atoms with Crippen LogP contribution in [0.3, 0.4) is 0 Å². The number of benzene rings is 1. The number of rotatable bonds is 3. The Morgan fingerprint density at radius 1 is 1.30 bits per heavy atom. The van der Waals surface area contributed by atoms with Gasteiger partial charge in [0.2, 0.25) is 0 Å². The first-order chi connectivity index (χ1) is 9.38. The van der Waals surface area contributed by atoms with Crippen molar-refractivity contribution in [3.63, 3.8) is 0 Å². The summed E-state index contributed by atoms with van der Waals surface area (Å²) in [5.74, 6) is -1.56. The van der Waals surface area contributed by atoms with Gasteiger partial charge < -0.3 is 10.4 Å². The highest BCUT2D eigenvalue weighted by Gasteiger charge is 2.35. The largest absolute Gasteiger partial charge is 0.478 e. The van der Waals surface area contributed by atoms with Crippen LogP contribution < -0.4 is 5.32 Å². The van der Waals surface area contributed by atoms with Gasteiger partial charge >= 0.3 is 12.1 Å². The van der Waals surface area contributed by atoms with Gasteiger partial charge in [-0.25, -0.2) is 4.79 Å². The molecule has 1 heterocycles. The highest BCUT2D eigenvalue weighted by molar-refractivity contribution is 5.89. The van der Waals surface area contributed by atoms with E-state index in [2.05, 4.69) is 10.2 Å². The molecule has 1 aromatic rings. The van der Waals surface area contributed by atoms with Gasteiger partial charge in [-0.15, -0.1) is 0 Å². The van der Waals surface area contributed by atoms with E-state index >= 15 is 0 Å². The Morgan fingerprint density at radius 2 is 1.95 bits per heavy atom. The summed E-state index contributed by atoms with van der Waals surface area (Å²) in [7, 11) is 0. The summed E-state index contributed by atoms with van der Waals surface area (Å²) in [6.07, 6.45) is -4.65. The lowest BCUT2D eigenvalue weighted by Gasteiger charge is -2.27. The number of alkyl halides is 3. The van der Waals surface area contributed by atoms with E-state index in [-0.39, 0.29) is 0 Å². The third-order valence-corrected chi connectivity index (χ3v) is 3.24. The first-order valence-electron chi connectivity index (χ1n) is 6.24. The number of carboxylic acids is 1. The Morgan fingerprint density at radius 3 is 2.50 bits per heavy atom. The van der Waals surface area contributed by atoms with E-state index in [1.165, 1.54) is 6.07 Å². The topological polar surface area (TPSA) is 52.6 Å². The summed E-state index contributed by atoms with van der Waals surface area (Å²) < 4.78 is 38.2. The maximum absolute atomic E-state index is 12.7. The van der Waals surface area contributed by atoms with Crippen LogP contribution in [-0.4, -0.2) is 42.2 Å². The zero-order valence-electron chi connectivity index (χ0n) is 10.7. The molecule has 1 fully saturated rings. The van der Waals surface area contributed by atoms with E-state index in [9.17, 15) is 18.0 Å². The smallest absolute Gasteiger partial charge is 0.417 e. The van der Waals surface area contributed by atoms with Crippen LogP contribution in [0.2, 0.25) is 0 Å². The second-order valence-corrected chi connectivity index (χ2v) is 4.71. The fourth-order valence-corrected chi connectivity index (χ4v) is 2.24. The maximum Gasteiger partial charge on any atom is 0.417 e.